The van der Waals surface area contributed by atoms with E-state index in [2.05, 4.69) is 35.3 Å². The molecule has 1 heterocycles. The highest BCUT2D eigenvalue weighted by molar-refractivity contribution is 6.07. The van der Waals surface area contributed by atoms with Crippen LogP contribution in [0.15, 0.2) is 48.5 Å². The maximum absolute atomic E-state index is 11.3. The maximum atomic E-state index is 11.3. The van der Waals surface area contributed by atoms with E-state index in [0.29, 0.717) is 13.0 Å². The van der Waals surface area contributed by atoms with Crippen LogP contribution in [0.2, 0.25) is 0 Å². The van der Waals surface area contributed by atoms with Gasteiger partial charge in [0.15, 0.2) is 0 Å². The van der Waals surface area contributed by atoms with Crippen LogP contribution in [0.4, 0.5) is 0 Å². The fraction of sp³-hybridized carbons (Fsp3) is 0.167. The molecule has 3 aromatic rings. The summed E-state index contributed by atoms with van der Waals surface area (Å²) in [4.78, 5) is 14.7. The molecule has 1 N–H and O–H groups in total. The summed E-state index contributed by atoms with van der Waals surface area (Å²) in [5.41, 5.74) is 3.31. The highest BCUT2D eigenvalue weighted by atomic mass is 16.5. The van der Waals surface area contributed by atoms with Crippen molar-refractivity contribution in [2.45, 2.75) is 13.3 Å². The molecule has 0 aliphatic carbocycles. The van der Waals surface area contributed by atoms with E-state index >= 15 is 0 Å². The van der Waals surface area contributed by atoms with Gasteiger partial charge in [0.05, 0.1) is 13.0 Å². The van der Waals surface area contributed by atoms with Gasteiger partial charge in [-0.15, -0.1) is 0 Å². The van der Waals surface area contributed by atoms with Crippen molar-refractivity contribution in [1.29, 1.82) is 0 Å². The largest absolute Gasteiger partial charge is 0.466 e. The van der Waals surface area contributed by atoms with E-state index in [4.69, 9.17) is 4.74 Å². The highest BCUT2D eigenvalue weighted by Gasteiger charge is 2.03. The molecule has 0 atom stereocenters. The molecule has 0 spiro atoms. The van der Waals surface area contributed by atoms with Gasteiger partial charge in [-0.2, -0.15) is 0 Å². The molecule has 0 fully saturated rings. The van der Waals surface area contributed by atoms with Crippen LogP contribution in [-0.2, 0) is 9.53 Å². The second-order valence-corrected chi connectivity index (χ2v) is 4.89. The predicted molar refractivity (Wildman–Crippen MR) is 86.1 cm³/mol. The Labute approximate surface area is 123 Å². The lowest BCUT2D eigenvalue weighted by atomic mass is 10.1. The molecule has 3 heteroatoms. The maximum Gasteiger partial charge on any atom is 0.309 e. The van der Waals surface area contributed by atoms with E-state index in [1.165, 1.54) is 10.8 Å². The van der Waals surface area contributed by atoms with Crippen molar-refractivity contribution in [2.24, 2.45) is 0 Å². The summed E-state index contributed by atoms with van der Waals surface area (Å²) in [7, 11) is 0. The number of fused-ring (bicyclic) bond motifs is 3. The number of benzene rings is 2. The second kappa shape index (κ2) is 5.83. The number of esters is 1. The first kappa shape index (κ1) is 13.4. The minimum Gasteiger partial charge on any atom is -0.466 e. The third kappa shape index (κ3) is 2.82. The van der Waals surface area contributed by atoms with Crippen LogP contribution in [-0.4, -0.2) is 17.6 Å². The number of hydrogen-bond donors (Lipinski definition) is 1. The van der Waals surface area contributed by atoms with Crippen molar-refractivity contribution < 1.29 is 9.53 Å². The molecule has 0 amide bonds. The van der Waals surface area contributed by atoms with Crippen molar-refractivity contribution in [2.75, 3.05) is 6.61 Å². The predicted octanol–water partition coefficient (Wildman–Crippen LogP) is 4.29. The zero-order chi connectivity index (χ0) is 14.7. The van der Waals surface area contributed by atoms with Crippen molar-refractivity contribution in [1.82, 2.24) is 4.98 Å². The molecule has 0 saturated heterocycles. The Kier molecular flexibility index (Phi) is 3.73. The molecule has 1 aromatic heterocycles. The first-order valence-electron chi connectivity index (χ1n) is 7.10. The molecule has 3 nitrogen and oxygen atoms in total. The Morgan fingerprint density at radius 2 is 1.95 bits per heavy atom. The molecule has 21 heavy (non-hydrogen) atoms. The van der Waals surface area contributed by atoms with Crippen LogP contribution >= 0.6 is 0 Å². The van der Waals surface area contributed by atoms with E-state index in [1.54, 1.807) is 0 Å². The van der Waals surface area contributed by atoms with E-state index in [1.807, 2.05) is 31.2 Å². The van der Waals surface area contributed by atoms with Gasteiger partial charge in [-0.1, -0.05) is 42.5 Å². The van der Waals surface area contributed by atoms with E-state index in [9.17, 15) is 4.79 Å². The second-order valence-electron chi connectivity index (χ2n) is 4.89. The van der Waals surface area contributed by atoms with E-state index in [0.717, 1.165) is 16.6 Å². The van der Waals surface area contributed by atoms with Gasteiger partial charge in [0.1, 0.15) is 0 Å². The summed E-state index contributed by atoms with van der Waals surface area (Å²) in [6, 6.07) is 14.5. The number of aromatic nitrogens is 1. The van der Waals surface area contributed by atoms with Crippen molar-refractivity contribution in [3.05, 3.63) is 54.1 Å². The zero-order valence-electron chi connectivity index (χ0n) is 11.9. The molecular formula is C18H17NO2. The van der Waals surface area contributed by atoms with Crippen LogP contribution in [0.5, 0.6) is 0 Å². The van der Waals surface area contributed by atoms with Crippen LogP contribution in [0.25, 0.3) is 27.9 Å². The smallest absolute Gasteiger partial charge is 0.309 e. The monoisotopic (exact) mass is 279 g/mol. The Bertz CT molecular complexity index is 814. The van der Waals surface area contributed by atoms with Crippen molar-refractivity contribution in [3.63, 3.8) is 0 Å². The van der Waals surface area contributed by atoms with Gasteiger partial charge in [0.25, 0.3) is 0 Å². The van der Waals surface area contributed by atoms with Crippen molar-refractivity contribution in [3.8, 4) is 0 Å². The molecule has 2 aromatic carbocycles. The first-order valence-corrected chi connectivity index (χ1v) is 7.10. The van der Waals surface area contributed by atoms with Gasteiger partial charge in [-0.25, -0.2) is 0 Å². The third-order valence-corrected chi connectivity index (χ3v) is 3.43. The Hall–Kier alpha value is -2.55. The number of rotatable bonds is 4. The van der Waals surface area contributed by atoms with Gasteiger partial charge in [0.2, 0.25) is 0 Å². The fourth-order valence-electron chi connectivity index (χ4n) is 2.49. The van der Waals surface area contributed by atoms with Gasteiger partial charge in [-0.3, -0.25) is 4.79 Å². The van der Waals surface area contributed by atoms with Gasteiger partial charge < -0.3 is 9.72 Å². The van der Waals surface area contributed by atoms with Crippen molar-refractivity contribution >= 4 is 33.9 Å². The Morgan fingerprint density at radius 3 is 2.81 bits per heavy atom. The van der Waals surface area contributed by atoms with E-state index in [-0.39, 0.29) is 5.97 Å². The number of H-pyrrole nitrogens is 1. The van der Waals surface area contributed by atoms with Crippen LogP contribution in [0.3, 0.4) is 0 Å². The number of nitrogens with one attached hydrogen (secondary N) is 1. The quantitative estimate of drug-likeness (QED) is 0.724. The lowest BCUT2D eigenvalue weighted by Crippen LogP contribution is -2.01. The topological polar surface area (TPSA) is 42.1 Å². The number of ether oxygens (including phenoxy) is 1. The van der Waals surface area contributed by atoms with Crippen LogP contribution in [0, 0.1) is 0 Å². The molecule has 106 valence electrons. The molecule has 0 saturated carbocycles. The minimum absolute atomic E-state index is 0.194. The summed E-state index contributed by atoms with van der Waals surface area (Å²) in [6.45, 7) is 2.24. The number of aromatic amines is 1. The zero-order valence-corrected chi connectivity index (χ0v) is 11.9. The van der Waals surface area contributed by atoms with Gasteiger partial charge in [0, 0.05) is 21.8 Å². The average molecular weight is 279 g/mol. The number of hydrogen-bond acceptors (Lipinski definition) is 2. The lowest BCUT2D eigenvalue weighted by Gasteiger charge is -1.97. The normalized spacial score (nSPS) is 11.5. The average Bonchev–Trinajstić information content (AvgIpc) is 2.85. The van der Waals surface area contributed by atoms with E-state index < -0.39 is 0 Å². The molecule has 0 unspecified atom stereocenters. The SMILES string of the molecule is CCOC(=O)CC=Cc1ccc2c(c1)[nH]c1ccccc12. The number of carbonyl (C=O) groups is 1. The summed E-state index contributed by atoms with van der Waals surface area (Å²) in [5.74, 6) is -0.194. The summed E-state index contributed by atoms with van der Waals surface area (Å²) < 4.78 is 4.89. The van der Waals surface area contributed by atoms with Crippen LogP contribution < -0.4 is 0 Å². The summed E-state index contributed by atoms with van der Waals surface area (Å²) in [6.07, 6.45) is 4.09. The molecule has 3 rings (SSSR count). The molecular weight excluding hydrogens is 262 g/mol. The lowest BCUT2D eigenvalue weighted by molar-refractivity contribution is -0.142. The Balaban J connectivity index is 1.86. The minimum atomic E-state index is -0.194. The summed E-state index contributed by atoms with van der Waals surface area (Å²) in [5, 5.41) is 2.45. The Morgan fingerprint density at radius 1 is 1.14 bits per heavy atom. The standard InChI is InChI=1S/C18H17NO2/c1-2-21-18(20)9-5-6-13-10-11-15-14-7-3-4-8-16(14)19-17(15)12-13/h3-8,10-12,19H,2,9H2,1H3. The first-order chi connectivity index (χ1) is 10.3. The molecule has 0 radical (unpaired) electrons. The number of carbonyl (C=O) groups excluding carboxylic acids is 1. The van der Waals surface area contributed by atoms with Gasteiger partial charge in [-0.05, 0) is 24.6 Å². The molecule has 0 aliphatic heterocycles. The van der Waals surface area contributed by atoms with Gasteiger partial charge >= 0.3 is 5.97 Å². The number of para-hydroxylation sites is 1. The summed E-state index contributed by atoms with van der Waals surface area (Å²) >= 11 is 0. The fourth-order valence-corrected chi connectivity index (χ4v) is 2.49. The highest BCUT2D eigenvalue weighted by Crippen LogP contribution is 2.26. The molecule has 0 bridgehead atoms. The molecule has 0 aliphatic rings. The van der Waals surface area contributed by atoms with Crippen LogP contribution in [0.1, 0.15) is 18.9 Å². The third-order valence-electron chi connectivity index (χ3n) is 3.43.